The van der Waals surface area contributed by atoms with Crippen molar-refractivity contribution in [1.29, 1.82) is 0 Å². The minimum Gasteiger partial charge on any atom is -0.370 e. The van der Waals surface area contributed by atoms with E-state index < -0.39 is 0 Å². The minimum atomic E-state index is 0.701. The van der Waals surface area contributed by atoms with E-state index in [2.05, 4.69) is 68.0 Å². The van der Waals surface area contributed by atoms with Gasteiger partial charge in [-0.2, -0.15) is 11.8 Å². The van der Waals surface area contributed by atoms with Crippen LogP contribution in [-0.4, -0.2) is 31.1 Å². The van der Waals surface area contributed by atoms with Crippen LogP contribution in [0.4, 0.5) is 5.69 Å². The molecule has 112 valence electrons. The monoisotopic (exact) mass is 292 g/mol. The van der Waals surface area contributed by atoms with Gasteiger partial charge in [0, 0.05) is 31.1 Å². The van der Waals surface area contributed by atoms with Gasteiger partial charge in [0.05, 0.1) is 0 Å². The number of rotatable bonds is 6. The van der Waals surface area contributed by atoms with Crippen LogP contribution in [-0.2, 0) is 6.54 Å². The smallest absolute Gasteiger partial charge is 0.0412 e. The first-order chi connectivity index (χ1) is 9.58. The molecule has 1 unspecified atom stereocenters. The van der Waals surface area contributed by atoms with E-state index in [1.54, 1.807) is 0 Å². The van der Waals surface area contributed by atoms with Crippen molar-refractivity contribution in [2.75, 3.05) is 30.0 Å². The molecule has 1 fully saturated rings. The summed E-state index contributed by atoms with van der Waals surface area (Å²) in [6.07, 6.45) is 1.31. The fourth-order valence-electron chi connectivity index (χ4n) is 2.72. The van der Waals surface area contributed by atoms with Gasteiger partial charge >= 0.3 is 0 Å². The maximum Gasteiger partial charge on any atom is 0.0412 e. The van der Waals surface area contributed by atoms with Gasteiger partial charge in [-0.1, -0.05) is 31.5 Å². The SMILES string of the molecule is Cc1ccc(N(C)C2CCSC2)c(CNCC(C)C)c1. The van der Waals surface area contributed by atoms with Crippen LogP contribution in [0.25, 0.3) is 0 Å². The number of benzene rings is 1. The van der Waals surface area contributed by atoms with E-state index in [-0.39, 0.29) is 0 Å². The maximum absolute atomic E-state index is 3.58. The highest BCUT2D eigenvalue weighted by Gasteiger charge is 2.21. The van der Waals surface area contributed by atoms with Crippen molar-refractivity contribution in [2.24, 2.45) is 5.92 Å². The van der Waals surface area contributed by atoms with Crippen LogP contribution in [0.5, 0.6) is 0 Å². The molecule has 0 aromatic heterocycles. The van der Waals surface area contributed by atoms with Crippen LogP contribution >= 0.6 is 11.8 Å². The Kier molecular flexibility index (Phi) is 5.79. The van der Waals surface area contributed by atoms with Gasteiger partial charge in [-0.05, 0) is 43.2 Å². The molecule has 0 saturated carbocycles. The van der Waals surface area contributed by atoms with Crippen molar-refractivity contribution < 1.29 is 0 Å². The van der Waals surface area contributed by atoms with Crippen molar-refractivity contribution in [2.45, 2.75) is 39.8 Å². The number of hydrogen-bond donors (Lipinski definition) is 1. The molecule has 2 rings (SSSR count). The summed E-state index contributed by atoms with van der Waals surface area (Å²) in [6.45, 7) is 8.75. The second-order valence-corrected chi connectivity index (χ2v) is 7.44. The van der Waals surface area contributed by atoms with Crippen molar-refractivity contribution in [1.82, 2.24) is 5.32 Å². The van der Waals surface area contributed by atoms with Gasteiger partial charge in [-0.15, -0.1) is 0 Å². The summed E-state index contributed by atoms with van der Waals surface area (Å²) in [4.78, 5) is 2.49. The summed E-state index contributed by atoms with van der Waals surface area (Å²) in [5.41, 5.74) is 4.19. The molecule has 0 bridgehead atoms. The Labute approximate surface area is 128 Å². The van der Waals surface area contributed by atoms with Gasteiger partial charge in [0.15, 0.2) is 0 Å². The largest absolute Gasteiger partial charge is 0.370 e. The van der Waals surface area contributed by atoms with E-state index in [4.69, 9.17) is 0 Å². The molecule has 2 nitrogen and oxygen atoms in total. The predicted molar refractivity (Wildman–Crippen MR) is 91.9 cm³/mol. The number of aryl methyl sites for hydroxylation is 1. The zero-order valence-corrected chi connectivity index (χ0v) is 14.1. The normalized spacial score (nSPS) is 18.8. The average molecular weight is 292 g/mol. The van der Waals surface area contributed by atoms with Crippen LogP contribution in [0.1, 0.15) is 31.4 Å². The molecule has 3 heteroatoms. The zero-order chi connectivity index (χ0) is 14.5. The maximum atomic E-state index is 3.58. The number of thioether (sulfide) groups is 1. The Morgan fingerprint density at radius 2 is 2.20 bits per heavy atom. The van der Waals surface area contributed by atoms with Crippen LogP contribution < -0.4 is 10.2 Å². The molecule has 1 aliphatic rings. The van der Waals surface area contributed by atoms with Gasteiger partial charge in [0.1, 0.15) is 0 Å². The van der Waals surface area contributed by atoms with E-state index in [1.807, 2.05) is 0 Å². The molecule has 0 aliphatic carbocycles. The molecule has 1 aromatic rings. The molecule has 1 heterocycles. The van der Waals surface area contributed by atoms with Crippen molar-refractivity contribution in [3.63, 3.8) is 0 Å². The summed E-state index contributed by atoms with van der Waals surface area (Å²) in [5, 5.41) is 3.58. The van der Waals surface area contributed by atoms with Crippen molar-refractivity contribution >= 4 is 17.4 Å². The van der Waals surface area contributed by atoms with E-state index in [9.17, 15) is 0 Å². The topological polar surface area (TPSA) is 15.3 Å². The number of anilines is 1. The lowest BCUT2D eigenvalue weighted by atomic mass is 10.1. The van der Waals surface area contributed by atoms with Gasteiger partial charge in [-0.3, -0.25) is 0 Å². The van der Waals surface area contributed by atoms with Crippen LogP contribution in [0.2, 0.25) is 0 Å². The second kappa shape index (κ2) is 7.37. The highest BCUT2D eigenvalue weighted by molar-refractivity contribution is 7.99. The Morgan fingerprint density at radius 1 is 1.40 bits per heavy atom. The van der Waals surface area contributed by atoms with Crippen LogP contribution in [0.15, 0.2) is 18.2 Å². The van der Waals surface area contributed by atoms with Crippen molar-refractivity contribution in [3.05, 3.63) is 29.3 Å². The van der Waals surface area contributed by atoms with E-state index >= 15 is 0 Å². The molecule has 0 spiro atoms. The Hall–Kier alpha value is -0.670. The first-order valence-corrected chi connectivity index (χ1v) is 8.84. The van der Waals surface area contributed by atoms with Crippen LogP contribution in [0, 0.1) is 12.8 Å². The first kappa shape index (κ1) is 15.7. The molecule has 1 saturated heterocycles. The molecule has 0 amide bonds. The summed E-state index contributed by atoms with van der Waals surface area (Å²) in [5.74, 6) is 3.28. The molecule has 1 aliphatic heterocycles. The molecule has 0 radical (unpaired) electrons. The lowest BCUT2D eigenvalue weighted by Gasteiger charge is -2.28. The van der Waals surface area contributed by atoms with E-state index in [0.29, 0.717) is 12.0 Å². The summed E-state index contributed by atoms with van der Waals surface area (Å²) in [7, 11) is 2.26. The second-order valence-electron chi connectivity index (χ2n) is 6.29. The Bertz CT molecular complexity index is 425. The quantitative estimate of drug-likeness (QED) is 0.861. The van der Waals surface area contributed by atoms with Gasteiger partial charge in [0.25, 0.3) is 0 Å². The minimum absolute atomic E-state index is 0.701. The molecule has 1 N–H and O–H groups in total. The Morgan fingerprint density at radius 3 is 2.85 bits per heavy atom. The van der Waals surface area contributed by atoms with E-state index in [1.165, 1.54) is 34.7 Å². The average Bonchev–Trinajstić information content (AvgIpc) is 2.91. The highest BCUT2D eigenvalue weighted by Crippen LogP contribution is 2.28. The molecular weight excluding hydrogens is 264 g/mol. The third-order valence-corrected chi connectivity index (χ3v) is 5.08. The fraction of sp³-hybridized carbons (Fsp3) is 0.647. The predicted octanol–water partition coefficient (Wildman–Crippen LogP) is 3.68. The van der Waals surface area contributed by atoms with Crippen LogP contribution in [0.3, 0.4) is 0 Å². The summed E-state index contributed by atoms with van der Waals surface area (Å²) >= 11 is 2.08. The number of hydrogen-bond acceptors (Lipinski definition) is 3. The van der Waals surface area contributed by atoms with E-state index in [0.717, 1.165) is 13.1 Å². The number of nitrogens with one attached hydrogen (secondary N) is 1. The lowest BCUT2D eigenvalue weighted by Crippen LogP contribution is -2.32. The molecule has 1 aromatic carbocycles. The summed E-state index contributed by atoms with van der Waals surface area (Å²) in [6, 6.07) is 7.57. The lowest BCUT2D eigenvalue weighted by molar-refractivity contribution is 0.551. The highest BCUT2D eigenvalue weighted by atomic mass is 32.2. The zero-order valence-electron chi connectivity index (χ0n) is 13.3. The fourth-order valence-corrected chi connectivity index (χ4v) is 3.99. The number of nitrogens with zero attached hydrogens (tertiary/aromatic N) is 1. The first-order valence-electron chi connectivity index (χ1n) is 7.68. The Balaban J connectivity index is 2.09. The van der Waals surface area contributed by atoms with Gasteiger partial charge in [-0.25, -0.2) is 0 Å². The standard InChI is InChI=1S/C17H28N2S/c1-13(2)10-18-11-15-9-14(3)5-6-17(15)19(4)16-7-8-20-12-16/h5-6,9,13,16,18H,7-8,10-12H2,1-4H3. The third kappa shape index (κ3) is 4.16. The van der Waals surface area contributed by atoms with Gasteiger partial charge in [0.2, 0.25) is 0 Å². The molecular formula is C17H28N2S. The van der Waals surface area contributed by atoms with Crippen molar-refractivity contribution in [3.8, 4) is 0 Å². The molecule has 20 heavy (non-hydrogen) atoms. The molecule has 1 atom stereocenters. The third-order valence-electron chi connectivity index (χ3n) is 3.94. The van der Waals surface area contributed by atoms with Gasteiger partial charge < -0.3 is 10.2 Å². The summed E-state index contributed by atoms with van der Waals surface area (Å²) < 4.78 is 0.